The van der Waals surface area contributed by atoms with E-state index < -0.39 is 10.0 Å². The maximum atomic E-state index is 12.1. The van der Waals surface area contributed by atoms with Gasteiger partial charge in [-0.2, -0.15) is 0 Å². The van der Waals surface area contributed by atoms with Gasteiger partial charge in [-0.15, -0.1) is 0 Å². The summed E-state index contributed by atoms with van der Waals surface area (Å²) >= 11 is 0. The molecule has 7 nitrogen and oxygen atoms in total. The topological polar surface area (TPSA) is 93.1 Å². The van der Waals surface area contributed by atoms with Gasteiger partial charge in [0, 0.05) is 31.7 Å². The molecule has 2 N–H and O–H groups in total. The first-order valence-electron chi connectivity index (χ1n) is 7.25. The lowest BCUT2D eigenvalue weighted by molar-refractivity contribution is -0.122. The van der Waals surface area contributed by atoms with Crippen molar-refractivity contribution in [2.24, 2.45) is 5.92 Å². The van der Waals surface area contributed by atoms with Gasteiger partial charge in [0.1, 0.15) is 5.82 Å². The summed E-state index contributed by atoms with van der Waals surface area (Å²) in [6, 6.07) is 0. The molecule has 21 heavy (non-hydrogen) atoms. The predicted molar refractivity (Wildman–Crippen MR) is 78.2 cm³/mol. The van der Waals surface area contributed by atoms with Crippen LogP contribution in [0.15, 0.2) is 11.2 Å². The zero-order chi connectivity index (χ0) is 15.5. The zero-order valence-electron chi connectivity index (χ0n) is 12.4. The molecule has 0 radical (unpaired) electrons. The molecule has 1 amide bonds. The lowest BCUT2D eigenvalue weighted by Crippen LogP contribution is -2.35. The summed E-state index contributed by atoms with van der Waals surface area (Å²) in [4.78, 5) is 15.5. The van der Waals surface area contributed by atoms with E-state index in [2.05, 4.69) is 15.0 Å². The number of rotatable bonds is 8. The van der Waals surface area contributed by atoms with Gasteiger partial charge in [0.15, 0.2) is 5.03 Å². The molecule has 0 unspecified atom stereocenters. The second-order valence-corrected chi connectivity index (χ2v) is 7.00. The molecule has 1 aliphatic carbocycles. The average molecular weight is 314 g/mol. The summed E-state index contributed by atoms with van der Waals surface area (Å²) in [6.45, 7) is 5.01. The van der Waals surface area contributed by atoms with Gasteiger partial charge in [0.25, 0.3) is 10.0 Å². The second kappa shape index (κ2) is 6.57. The Morgan fingerprint density at radius 1 is 1.43 bits per heavy atom. The van der Waals surface area contributed by atoms with Crippen LogP contribution in [0.5, 0.6) is 0 Å². The van der Waals surface area contributed by atoms with Crippen molar-refractivity contribution in [1.29, 1.82) is 0 Å². The van der Waals surface area contributed by atoms with Crippen molar-refractivity contribution in [1.82, 2.24) is 19.6 Å². The van der Waals surface area contributed by atoms with Crippen LogP contribution in [0, 0.1) is 12.8 Å². The van der Waals surface area contributed by atoms with E-state index >= 15 is 0 Å². The van der Waals surface area contributed by atoms with Crippen molar-refractivity contribution in [2.75, 3.05) is 13.1 Å². The van der Waals surface area contributed by atoms with Crippen molar-refractivity contribution in [3.8, 4) is 0 Å². The van der Waals surface area contributed by atoms with E-state index in [0.717, 1.165) is 25.8 Å². The summed E-state index contributed by atoms with van der Waals surface area (Å²) in [7, 11) is -3.62. The molecule has 1 fully saturated rings. The Hall–Kier alpha value is -1.41. The van der Waals surface area contributed by atoms with E-state index in [9.17, 15) is 13.2 Å². The van der Waals surface area contributed by atoms with Crippen LogP contribution in [0.2, 0.25) is 0 Å². The van der Waals surface area contributed by atoms with E-state index in [1.165, 1.54) is 0 Å². The zero-order valence-corrected chi connectivity index (χ0v) is 13.2. The number of aryl methyl sites for hydroxylation is 2. The normalized spacial score (nSPS) is 15.1. The first-order chi connectivity index (χ1) is 9.94. The minimum absolute atomic E-state index is 0.0114. The Bertz CT molecular complexity index is 605. The lowest BCUT2D eigenvalue weighted by Gasteiger charge is -2.05. The van der Waals surface area contributed by atoms with Gasteiger partial charge in [-0.1, -0.05) is 6.92 Å². The molecule has 1 saturated carbocycles. The van der Waals surface area contributed by atoms with E-state index in [4.69, 9.17) is 0 Å². The van der Waals surface area contributed by atoms with Crippen LogP contribution in [0.1, 0.15) is 32.0 Å². The molecule has 1 aliphatic rings. The first kappa shape index (κ1) is 16.0. The van der Waals surface area contributed by atoms with Gasteiger partial charge in [-0.25, -0.2) is 18.1 Å². The number of amides is 1. The third kappa shape index (κ3) is 4.28. The highest BCUT2D eigenvalue weighted by molar-refractivity contribution is 7.89. The van der Waals surface area contributed by atoms with E-state index in [1.807, 2.05) is 11.5 Å². The average Bonchev–Trinajstić information content (AvgIpc) is 3.21. The van der Waals surface area contributed by atoms with Gasteiger partial charge >= 0.3 is 0 Å². The number of carbonyl (C=O) groups excluding carboxylic acids is 1. The molecular formula is C13H22N4O3S. The molecular weight excluding hydrogens is 292 g/mol. The van der Waals surface area contributed by atoms with Crippen LogP contribution in [0.3, 0.4) is 0 Å². The maximum absolute atomic E-state index is 12.1. The molecule has 2 rings (SSSR count). The quantitative estimate of drug-likeness (QED) is 0.680. The number of imidazole rings is 1. The van der Waals surface area contributed by atoms with Crippen molar-refractivity contribution in [3.63, 3.8) is 0 Å². The van der Waals surface area contributed by atoms with Crippen LogP contribution in [-0.2, 0) is 21.4 Å². The van der Waals surface area contributed by atoms with Crippen LogP contribution in [0.4, 0.5) is 0 Å². The van der Waals surface area contributed by atoms with E-state index in [0.29, 0.717) is 12.4 Å². The molecule has 0 atom stereocenters. The third-order valence-electron chi connectivity index (χ3n) is 3.36. The van der Waals surface area contributed by atoms with Crippen LogP contribution in [-0.4, -0.2) is 37.0 Å². The summed E-state index contributed by atoms with van der Waals surface area (Å²) in [5.41, 5.74) is 0. The van der Waals surface area contributed by atoms with Crippen LogP contribution < -0.4 is 10.0 Å². The summed E-state index contributed by atoms with van der Waals surface area (Å²) in [5.74, 6) is 0.825. The molecule has 118 valence electrons. The standard InChI is InChI=1S/C13H22N4O3S/c1-3-8-17-9-12(16-10(17)2)21(19,20)15-7-6-14-13(18)11-4-5-11/h9,11,15H,3-8H2,1-2H3,(H,14,18). The van der Waals surface area contributed by atoms with Gasteiger partial charge in [-0.05, 0) is 26.2 Å². The number of hydrogen-bond donors (Lipinski definition) is 2. The van der Waals surface area contributed by atoms with Gasteiger partial charge in [0.05, 0.1) is 0 Å². The first-order valence-corrected chi connectivity index (χ1v) is 8.73. The number of nitrogens with zero attached hydrogens (tertiary/aromatic N) is 2. The Morgan fingerprint density at radius 3 is 2.76 bits per heavy atom. The minimum atomic E-state index is -3.62. The van der Waals surface area contributed by atoms with Gasteiger partial charge < -0.3 is 9.88 Å². The lowest BCUT2D eigenvalue weighted by atomic mass is 10.4. The van der Waals surface area contributed by atoms with E-state index in [-0.39, 0.29) is 23.4 Å². The predicted octanol–water partition coefficient (Wildman–Crippen LogP) is 0.406. The fourth-order valence-corrected chi connectivity index (χ4v) is 3.05. The molecule has 8 heteroatoms. The number of nitrogens with one attached hydrogen (secondary N) is 2. The van der Waals surface area contributed by atoms with Gasteiger partial charge in [0.2, 0.25) is 5.91 Å². The SMILES string of the molecule is CCCn1cc(S(=O)(=O)NCCNC(=O)C2CC2)nc1C. The molecule has 0 saturated heterocycles. The molecule has 1 aromatic heterocycles. The second-order valence-electron chi connectivity index (χ2n) is 5.28. The van der Waals surface area contributed by atoms with E-state index in [1.54, 1.807) is 13.1 Å². The highest BCUT2D eigenvalue weighted by Gasteiger charge is 2.29. The highest BCUT2D eigenvalue weighted by atomic mass is 32.2. The Labute approximate surface area is 125 Å². The third-order valence-corrected chi connectivity index (χ3v) is 4.69. The summed E-state index contributed by atoms with van der Waals surface area (Å²) in [6.07, 6.45) is 4.33. The van der Waals surface area contributed by atoms with Crippen molar-refractivity contribution >= 4 is 15.9 Å². The Balaban J connectivity index is 1.85. The van der Waals surface area contributed by atoms with Crippen LogP contribution >= 0.6 is 0 Å². The monoisotopic (exact) mass is 314 g/mol. The van der Waals surface area contributed by atoms with Crippen LogP contribution in [0.25, 0.3) is 0 Å². The largest absolute Gasteiger partial charge is 0.355 e. The molecule has 0 aliphatic heterocycles. The van der Waals surface area contributed by atoms with Crippen molar-refractivity contribution < 1.29 is 13.2 Å². The molecule has 1 aromatic rings. The smallest absolute Gasteiger partial charge is 0.259 e. The number of aromatic nitrogens is 2. The fraction of sp³-hybridized carbons (Fsp3) is 0.692. The highest BCUT2D eigenvalue weighted by Crippen LogP contribution is 2.28. The molecule has 0 aromatic carbocycles. The summed E-state index contributed by atoms with van der Waals surface area (Å²) < 4.78 is 28.5. The van der Waals surface area contributed by atoms with Crippen molar-refractivity contribution in [2.45, 2.75) is 44.7 Å². The molecule has 0 bridgehead atoms. The minimum Gasteiger partial charge on any atom is -0.355 e. The number of hydrogen-bond acceptors (Lipinski definition) is 4. The van der Waals surface area contributed by atoms with Gasteiger partial charge in [-0.3, -0.25) is 4.79 Å². The fourth-order valence-electron chi connectivity index (χ4n) is 2.01. The Morgan fingerprint density at radius 2 is 2.14 bits per heavy atom. The Kier molecular flexibility index (Phi) is 5.00. The number of sulfonamides is 1. The molecule has 1 heterocycles. The molecule has 0 spiro atoms. The van der Waals surface area contributed by atoms with Crippen molar-refractivity contribution in [3.05, 3.63) is 12.0 Å². The summed E-state index contributed by atoms with van der Waals surface area (Å²) in [5, 5.41) is 2.74. The number of carbonyl (C=O) groups is 1. The maximum Gasteiger partial charge on any atom is 0.259 e.